The normalized spacial score (nSPS) is 10.4. The number of pyridine rings is 1. The first-order chi connectivity index (χ1) is 7.59. The first kappa shape index (κ1) is 11.5. The van der Waals surface area contributed by atoms with Gasteiger partial charge in [0, 0.05) is 21.4 Å². The van der Waals surface area contributed by atoms with Crippen LogP contribution in [0.15, 0.2) is 28.1 Å². The van der Waals surface area contributed by atoms with Crippen LogP contribution >= 0.6 is 27.3 Å². The lowest BCUT2D eigenvalue weighted by Crippen LogP contribution is -2.04. The molecule has 2 aromatic rings. The van der Waals surface area contributed by atoms with Gasteiger partial charge in [-0.1, -0.05) is 0 Å². The number of hydrogen-bond acceptors (Lipinski definition) is 3. The quantitative estimate of drug-likeness (QED) is 0.790. The number of hydrogen-bond donors (Lipinski definition) is 0. The average molecular weight is 296 g/mol. The molecule has 4 heteroatoms. The molecule has 2 nitrogen and oxygen atoms in total. The Morgan fingerprint density at radius 3 is 2.62 bits per heavy atom. The van der Waals surface area contributed by atoms with Crippen molar-refractivity contribution in [3.63, 3.8) is 0 Å². The van der Waals surface area contributed by atoms with Crippen LogP contribution in [0.1, 0.15) is 26.6 Å². The van der Waals surface area contributed by atoms with E-state index in [4.69, 9.17) is 0 Å². The molecule has 0 amide bonds. The molecule has 16 heavy (non-hydrogen) atoms. The van der Waals surface area contributed by atoms with Crippen molar-refractivity contribution in [3.8, 4) is 0 Å². The minimum atomic E-state index is 0.0341. The summed E-state index contributed by atoms with van der Waals surface area (Å²) < 4.78 is 0.850. The highest BCUT2D eigenvalue weighted by Gasteiger charge is 2.16. The van der Waals surface area contributed by atoms with E-state index in [2.05, 4.69) is 20.9 Å². The van der Waals surface area contributed by atoms with Gasteiger partial charge in [0.25, 0.3) is 0 Å². The van der Waals surface area contributed by atoms with E-state index in [1.807, 2.05) is 37.4 Å². The van der Waals surface area contributed by atoms with E-state index in [1.54, 1.807) is 0 Å². The Kier molecular flexibility index (Phi) is 3.21. The first-order valence-corrected chi connectivity index (χ1v) is 6.49. The minimum absolute atomic E-state index is 0.0341. The summed E-state index contributed by atoms with van der Waals surface area (Å²) >= 11 is 4.81. The maximum Gasteiger partial charge on any atom is 0.205 e. The molecule has 0 atom stereocenters. The lowest BCUT2D eigenvalue weighted by molar-refractivity contribution is 0.104. The molecule has 0 radical (unpaired) electrons. The maximum absolute atomic E-state index is 12.2. The number of rotatable bonds is 2. The summed E-state index contributed by atoms with van der Waals surface area (Å²) in [5.74, 6) is 0.0341. The summed E-state index contributed by atoms with van der Waals surface area (Å²) in [5, 5.41) is 1.90. The molecule has 0 fully saturated rings. The van der Waals surface area contributed by atoms with Crippen LogP contribution in [0.3, 0.4) is 0 Å². The van der Waals surface area contributed by atoms with Crippen molar-refractivity contribution in [1.82, 2.24) is 4.98 Å². The molecule has 0 aliphatic carbocycles. The van der Waals surface area contributed by atoms with Gasteiger partial charge in [-0.15, -0.1) is 11.3 Å². The molecule has 2 heterocycles. The van der Waals surface area contributed by atoms with Crippen LogP contribution in [0.5, 0.6) is 0 Å². The van der Waals surface area contributed by atoms with Crippen LogP contribution in [0.25, 0.3) is 0 Å². The van der Waals surface area contributed by atoms with Crippen molar-refractivity contribution in [2.75, 3.05) is 0 Å². The molecule has 2 aromatic heterocycles. The van der Waals surface area contributed by atoms with Crippen LogP contribution in [0.2, 0.25) is 0 Å². The third-order valence-corrected chi connectivity index (χ3v) is 4.13. The topological polar surface area (TPSA) is 30.0 Å². The summed E-state index contributed by atoms with van der Waals surface area (Å²) in [7, 11) is 0. The zero-order valence-corrected chi connectivity index (χ0v) is 11.4. The molecule has 0 spiro atoms. The predicted molar refractivity (Wildman–Crippen MR) is 69.2 cm³/mol. The number of thiophene rings is 1. The fourth-order valence-corrected chi connectivity index (χ4v) is 3.01. The van der Waals surface area contributed by atoms with Gasteiger partial charge in [0.1, 0.15) is 0 Å². The predicted octanol–water partition coefficient (Wildman–Crippen LogP) is 3.75. The van der Waals surface area contributed by atoms with Crippen LogP contribution in [0.4, 0.5) is 0 Å². The number of ketones is 1. The molecule has 0 saturated heterocycles. The Hall–Kier alpha value is -1.00. The lowest BCUT2D eigenvalue weighted by atomic mass is 10.1. The number of carbonyl (C=O) groups excluding carboxylic acids is 1. The molecule has 2 rings (SSSR count). The number of carbonyl (C=O) groups is 1. The molecule has 0 saturated carbocycles. The zero-order chi connectivity index (χ0) is 11.7. The van der Waals surface area contributed by atoms with Gasteiger partial charge in [-0.3, -0.25) is 9.78 Å². The third kappa shape index (κ3) is 2.08. The summed E-state index contributed by atoms with van der Waals surface area (Å²) in [4.78, 5) is 17.2. The highest BCUT2D eigenvalue weighted by molar-refractivity contribution is 9.10. The fraction of sp³-hybridized carbons (Fsp3) is 0.167. The van der Waals surface area contributed by atoms with Crippen molar-refractivity contribution in [2.45, 2.75) is 13.8 Å². The highest BCUT2D eigenvalue weighted by atomic mass is 79.9. The van der Waals surface area contributed by atoms with Crippen LogP contribution in [-0.2, 0) is 0 Å². The van der Waals surface area contributed by atoms with Crippen LogP contribution < -0.4 is 0 Å². The van der Waals surface area contributed by atoms with E-state index in [-0.39, 0.29) is 5.78 Å². The first-order valence-electron chi connectivity index (χ1n) is 4.81. The van der Waals surface area contributed by atoms with E-state index in [0.29, 0.717) is 5.56 Å². The van der Waals surface area contributed by atoms with Crippen molar-refractivity contribution < 1.29 is 4.79 Å². The van der Waals surface area contributed by atoms with Gasteiger partial charge in [0.05, 0.1) is 4.88 Å². The Labute approximate surface area is 106 Å². The summed E-state index contributed by atoms with van der Waals surface area (Å²) in [6.45, 7) is 3.78. The van der Waals surface area contributed by atoms with Crippen molar-refractivity contribution in [1.29, 1.82) is 0 Å². The second kappa shape index (κ2) is 4.47. The molecule has 82 valence electrons. The van der Waals surface area contributed by atoms with E-state index in [1.165, 1.54) is 11.3 Å². The Bertz CT molecular complexity index is 548. The molecule has 0 N–H and O–H groups in total. The SMILES string of the molecule is Cc1ccc(C(=O)c2sccc2Br)c(C)n1. The number of halogens is 1. The van der Waals surface area contributed by atoms with Crippen LogP contribution in [-0.4, -0.2) is 10.8 Å². The molecule has 0 bridgehead atoms. The smallest absolute Gasteiger partial charge is 0.205 e. The highest BCUT2D eigenvalue weighted by Crippen LogP contribution is 2.26. The molecule has 0 aromatic carbocycles. The van der Waals surface area contributed by atoms with Crippen molar-refractivity contribution in [2.24, 2.45) is 0 Å². The minimum Gasteiger partial charge on any atom is -0.288 e. The van der Waals surface area contributed by atoms with Gasteiger partial charge in [0.15, 0.2) is 0 Å². The Balaban J connectivity index is 2.46. The second-order valence-corrected chi connectivity index (χ2v) is 5.28. The van der Waals surface area contributed by atoms with E-state index >= 15 is 0 Å². The molecular weight excluding hydrogens is 286 g/mol. The Morgan fingerprint density at radius 1 is 1.31 bits per heavy atom. The largest absolute Gasteiger partial charge is 0.288 e. The van der Waals surface area contributed by atoms with Gasteiger partial charge in [-0.2, -0.15) is 0 Å². The summed E-state index contributed by atoms with van der Waals surface area (Å²) in [6.07, 6.45) is 0. The van der Waals surface area contributed by atoms with E-state index < -0.39 is 0 Å². The molecule has 0 unspecified atom stereocenters. The molecule has 0 aliphatic rings. The number of aryl methyl sites for hydroxylation is 2. The second-order valence-electron chi connectivity index (χ2n) is 3.51. The number of aromatic nitrogens is 1. The lowest BCUT2D eigenvalue weighted by Gasteiger charge is -2.04. The zero-order valence-electron chi connectivity index (χ0n) is 8.95. The molecule has 0 aliphatic heterocycles. The Morgan fingerprint density at radius 2 is 2.06 bits per heavy atom. The third-order valence-electron chi connectivity index (χ3n) is 2.29. The average Bonchev–Trinajstić information content (AvgIpc) is 2.63. The number of nitrogens with zero attached hydrogens (tertiary/aromatic N) is 1. The van der Waals surface area contributed by atoms with Crippen LogP contribution in [0, 0.1) is 13.8 Å². The van der Waals surface area contributed by atoms with Gasteiger partial charge in [-0.05, 0) is 53.4 Å². The summed E-state index contributed by atoms with van der Waals surface area (Å²) in [5.41, 5.74) is 2.39. The molecular formula is C12H10BrNOS. The monoisotopic (exact) mass is 295 g/mol. The van der Waals surface area contributed by atoms with Crippen molar-refractivity contribution >= 4 is 33.0 Å². The van der Waals surface area contributed by atoms with Crippen molar-refractivity contribution in [3.05, 3.63) is 49.9 Å². The van der Waals surface area contributed by atoms with E-state index in [9.17, 15) is 4.79 Å². The van der Waals surface area contributed by atoms with Gasteiger partial charge >= 0.3 is 0 Å². The van der Waals surface area contributed by atoms with Gasteiger partial charge in [-0.25, -0.2) is 0 Å². The summed E-state index contributed by atoms with van der Waals surface area (Å²) in [6, 6.07) is 5.59. The van der Waals surface area contributed by atoms with Gasteiger partial charge in [0.2, 0.25) is 5.78 Å². The maximum atomic E-state index is 12.2. The standard InChI is InChI=1S/C12H10BrNOS/c1-7-3-4-9(8(2)14-7)11(15)12-10(13)5-6-16-12/h3-6H,1-2H3. The fourth-order valence-electron chi connectivity index (χ4n) is 1.50. The van der Waals surface area contributed by atoms with E-state index in [0.717, 1.165) is 20.7 Å². The van der Waals surface area contributed by atoms with Gasteiger partial charge < -0.3 is 0 Å².